The van der Waals surface area contributed by atoms with Crippen molar-refractivity contribution in [3.8, 4) is 17.0 Å². The lowest BCUT2D eigenvalue weighted by Gasteiger charge is -2.32. The van der Waals surface area contributed by atoms with Crippen LogP contribution >= 0.6 is 0 Å². The van der Waals surface area contributed by atoms with Crippen LogP contribution in [0.5, 0.6) is 5.75 Å². The smallest absolute Gasteiger partial charge is 0.406 e. The maximum atomic E-state index is 14.8. The Bertz CT molecular complexity index is 1540. The van der Waals surface area contributed by atoms with E-state index in [4.69, 9.17) is 0 Å². The van der Waals surface area contributed by atoms with Crippen LogP contribution in [0.2, 0.25) is 0 Å². The van der Waals surface area contributed by atoms with Crippen LogP contribution in [0.1, 0.15) is 50.2 Å². The minimum absolute atomic E-state index is 0.000526. The Balaban J connectivity index is 1.26. The van der Waals surface area contributed by atoms with Crippen molar-refractivity contribution in [2.45, 2.75) is 51.8 Å². The summed E-state index contributed by atoms with van der Waals surface area (Å²) < 4.78 is 57.7. The first-order chi connectivity index (χ1) is 20.1. The minimum atomic E-state index is -4.80. The van der Waals surface area contributed by atoms with E-state index in [1.807, 2.05) is 26.0 Å². The van der Waals surface area contributed by atoms with Crippen molar-refractivity contribution in [2.24, 2.45) is 5.92 Å². The van der Waals surface area contributed by atoms with Crippen LogP contribution in [0.3, 0.4) is 0 Å². The van der Waals surface area contributed by atoms with Crippen LogP contribution in [0.4, 0.5) is 23.2 Å². The number of alkyl halides is 3. The first-order valence-electron chi connectivity index (χ1n) is 14.4. The number of benzene rings is 3. The summed E-state index contributed by atoms with van der Waals surface area (Å²) in [7, 11) is 0. The molecule has 0 unspecified atom stereocenters. The number of carbonyl (C=O) groups excluding carboxylic acids is 1. The lowest BCUT2D eigenvalue weighted by atomic mass is 9.89. The summed E-state index contributed by atoms with van der Waals surface area (Å²) in [5.41, 5.74) is 4.41. The predicted molar refractivity (Wildman–Crippen MR) is 157 cm³/mol. The Kier molecular flexibility index (Phi) is 8.87. The number of fused-ring (bicyclic) bond motifs is 1. The number of aromatic amines is 1. The number of nitrogens with one attached hydrogen (secondary N) is 2. The molecule has 1 amide bonds. The van der Waals surface area contributed by atoms with E-state index in [9.17, 15) is 22.4 Å². The van der Waals surface area contributed by atoms with E-state index in [0.717, 1.165) is 50.1 Å². The zero-order valence-electron chi connectivity index (χ0n) is 23.7. The molecule has 4 aromatic rings. The Hall–Kier alpha value is -3.85. The summed E-state index contributed by atoms with van der Waals surface area (Å²) in [6.45, 7) is 6.40. The van der Waals surface area contributed by atoms with Crippen molar-refractivity contribution in [1.29, 1.82) is 0 Å². The largest absolute Gasteiger partial charge is 0.573 e. The SMILES string of the molecule is CC(C)C(=O)Nc1cccc(C2CCN(CCCc3c(-c4ccccc4F)[nH]c4ccc(OC(F)(F)F)cc34)CC2)c1. The van der Waals surface area contributed by atoms with Gasteiger partial charge in [0.05, 0.1) is 5.69 Å². The molecule has 5 rings (SSSR count). The van der Waals surface area contributed by atoms with Gasteiger partial charge in [0.25, 0.3) is 0 Å². The Labute approximate surface area is 242 Å². The Morgan fingerprint density at radius 3 is 2.52 bits per heavy atom. The van der Waals surface area contributed by atoms with Gasteiger partial charge in [-0.15, -0.1) is 13.2 Å². The highest BCUT2D eigenvalue weighted by atomic mass is 19.4. The van der Waals surface area contributed by atoms with Crippen LogP contribution in [0.15, 0.2) is 66.7 Å². The van der Waals surface area contributed by atoms with Crippen LogP contribution < -0.4 is 10.1 Å². The first kappa shape index (κ1) is 29.6. The van der Waals surface area contributed by atoms with E-state index in [2.05, 4.69) is 32.1 Å². The summed E-state index contributed by atoms with van der Waals surface area (Å²) >= 11 is 0. The number of hydrogen-bond donors (Lipinski definition) is 2. The molecule has 1 saturated heterocycles. The van der Waals surface area contributed by atoms with Crippen molar-refractivity contribution in [3.05, 3.63) is 83.7 Å². The van der Waals surface area contributed by atoms with Crippen molar-refractivity contribution in [1.82, 2.24) is 9.88 Å². The molecule has 5 nitrogen and oxygen atoms in total. The topological polar surface area (TPSA) is 57.4 Å². The Morgan fingerprint density at radius 1 is 1.05 bits per heavy atom. The molecule has 9 heteroatoms. The summed E-state index contributed by atoms with van der Waals surface area (Å²) in [6.07, 6.45) is -1.48. The van der Waals surface area contributed by atoms with Gasteiger partial charge in [-0.25, -0.2) is 4.39 Å². The first-order valence-corrected chi connectivity index (χ1v) is 14.4. The summed E-state index contributed by atoms with van der Waals surface area (Å²) in [5, 5.41) is 3.57. The second-order valence-electron chi connectivity index (χ2n) is 11.2. The molecule has 0 spiro atoms. The number of amides is 1. The molecule has 1 aromatic heterocycles. The lowest BCUT2D eigenvalue weighted by Crippen LogP contribution is -2.33. The van der Waals surface area contributed by atoms with Gasteiger partial charge in [0.2, 0.25) is 5.91 Å². The molecule has 0 bridgehead atoms. The third-order valence-corrected chi connectivity index (χ3v) is 7.89. The van der Waals surface area contributed by atoms with E-state index in [1.165, 1.54) is 29.8 Å². The van der Waals surface area contributed by atoms with E-state index in [1.54, 1.807) is 18.2 Å². The maximum absolute atomic E-state index is 14.8. The molecular formula is C33H35F4N3O2. The molecular weight excluding hydrogens is 546 g/mol. The Morgan fingerprint density at radius 2 is 1.81 bits per heavy atom. The molecule has 1 aliphatic heterocycles. The molecule has 0 aliphatic carbocycles. The number of aromatic nitrogens is 1. The van der Waals surface area contributed by atoms with Gasteiger partial charge in [-0.1, -0.05) is 38.1 Å². The van der Waals surface area contributed by atoms with E-state index in [-0.39, 0.29) is 17.6 Å². The number of hydrogen-bond acceptors (Lipinski definition) is 3. The number of aryl methyl sites for hydroxylation is 1. The monoisotopic (exact) mass is 581 g/mol. The third kappa shape index (κ3) is 7.13. The normalized spacial score (nSPS) is 14.9. The highest BCUT2D eigenvalue weighted by Gasteiger charge is 2.31. The number of H-pyrrole nitrogens is 1. The molecule has 1 aliphatic rings. The molecule has 0 saturated carbocycles. The average Bonchev–Trinajstić information content (AvgIpc) is 3.30. The molecule has 1 fully saturated rings. The predicted octanol–water partition coefficient (Wildman–Crippen LogP) is 8.28. The van der Waals surface area contributed by atoms with Crippen LogP contribution in [-0.2, 0) is 11.2 Å². The molecule has 2 heterocycles. The van der Waals surface area contributed by atoms with Crippen molar-refractivity contribution in [3.63, 3.8) is 0 Å². The number of nitrogens with zero attached hydrogens (tertiary/aromatic N) is 1. The fourth-order valence-corrected chi connectivity index (χ4v) is 5.70. The average molecular weight is 582 g/mol. The summed E-state index contributed by atoms with van der Waals surface area (Å²) in [5.74, 6) is -0.374. The molecule has 0 atom stereocenters. The maximum Gasteiger partial charge on any atom is 0.573 e. The fraction of sp³-hybridized carbons (Fsp3) is 0.364. The highest BCUT2D eigenvalue weighted by molar-refractivity contribution is 5.92. The highest BCUT2D eigenvalue weighted by Crippen LogP contribution is 2.36. The summed E-state index contributed by atoms with van der Waals surface area (Å²) in [4.78, 5) is 17.7. The number of piperidine rings is 1. The molecule has 2 N–H and O–H groups in total. The zero-order valence-corrected chi connectivity index (χ0v) is 23.7. The van der Waals surface area contributed by atoms with Crippen LogP contribution in [0.25, 0.3) is 22.2 Å². The fourth-order valence-electron chi connectivity index (χ4n) is 5.70. The molecule has 3 aromatic carbocycles. The van der Waals surface area contributed by atoms with Gasteiger partial charge >= 0.3 is 6.36 Å². The van der Waals surface area contributed by atoms with Gasteiger partial charge in [-0.3, -0.25) is 4.79 Å². The number of likely N-dealkylation sites (tertiary alicyclic amines) is 1. The van der Waals surface area contributed by atoms with Gasteiger partial charge in [-0.2, -0.15) is 0 Å². The summed E-state index contributed by atoms with van der Waals surface area (Å²) in [6, 6.07) is 18.7. The van der Waals surface area contributed by atoms with E-state index < -0.39 is 12.2 Å². The number of halogens is 4. The van der Waals surface area contributed by atoms with Gasteiger partial charge in [0, 0.05) is 28.1 Å². The second kappa shape index (κ2) is 12.6. The quantitative estimate of drug-likeness (QED) is 0.196. The number of carbonyl (C=O) groups is 1. The minimum Gasteiger partial charge on any atom is -0.406 e. The van der Waals surface area contributed by atoms with E-state index >= 15 is 0 Å². The molecule has 0 radical (unpaired) electrons. The van der Waals surface area contributed by atoms with Crippen molar-refractivity contribution >= 4 is 22.5 Å². The van der Waals surface area contributed by atoms with Gasteiger partial charge in [-0.05, 0) is 105 Å². The molecule has 42 heavy (non-hydrogen) atoms. The van der Waals surface area contributed by atoms with Gasteiger partial charge in [0.15, 0.2) is 0 Å². The van der Waals surface area contributed by atoms with Crippen LogP contribution in [0, 0.1) is 11.7 Å². The van der Waals surface area contributed by atoms with Gasteiger partial charge < -0.3 is 19.9 Å². The number of anilines is 1. The van der Waals surface area contributed by atoms with Gasteiger partial charge in [0.1, 0.15) is 11.6 Å². The van der Waals surface area contributed by atoms with Crippen molar-refractivity contribution < 1.29 is 27.1 Å². The standard InChI is InChI=1S/C33H35F4N3O2/c1-21(2)32(41)38-24-8-5-7-23(19-24)22-14-17-40(18-15-22)16-6-10-26-28-20-25(42-33(35,36)37)12-13-30(28)39-31(26)27-9-3-4-11-29(27)34/h3-5,7-9,11-13,19-22,39H,6,10,14-18H2,1-2H3,(H,38,41). The second-order valence-corrected chi connectivity index (χ2v) is 11.2. The third-order valence-electron chi connectivity index (χ3n) is 7.89. The number of ether oxygens (including phenoxy) is 1. The van der Waals surface area contributed by atoms with Crippen LogP contribution in [-0.4, -0.2) is 41.8 Å². The van der Waals surface area contributed by atoms with E-state index in [0.29, 0.717) is 34.5 Å². The number of rotatable bonds is 9. The van der Waals surface area contributed by atoms with Crippen molar-refractivity contribution in [2.75, 3.05) is 25.0 Å². The zero-order chi connectivity index (χ0) is 29.9. The molecule has 222 valence electrons. The lowest BCUT2D eigenvalue weighted by molar-refractivity contribution is -0.274.